The Bertz CT molecular complexity index is 657. The summed E-state index contributed by atoms with van der Waals surface area (Å²) in [5.74, 6) is 0.288. The Morgan fingerprint density at radius 3 is 1.82 bits per heavy atom. The highest BCUT2D eigenvalue weighted by atomic mass is 16.5. The number of benzene rings is 1. The van der Waals surface area contributed by atoms with Crippen LogP contribution in [0.3, 0.4) is 0 Å². The lowest BCUT2D eigenvalue weighted by Crippen LogP contribution is -2.13. The summed E-state index contributed by atoms with van der Waals surface area (Å²) in [5.41, 5.74) is 2.89. The van der Waals surface area contributed by atoms with E-state index in [9.17, 15) is 9.90 Å². The summed E-state index contributed by atoms with van der Waals surface area (Å²) in [6.45, 7) is 11.2. The fraction of sp³-hybridized carbons (Fsp3) is 0.767. The highest BCUT2D eigenvalue weighted by Gasteiger charge is 2.21. The van der Waals surface area contributed by atoms with Crippen molar-refractivity contribution in [3.63, 3.8) is 0 Å². The summed E-state index contributed by atoms with van der Waals surface area (Å²) in [4.78, 5) is 12.2. The fourth-order valence-corrected chi connectivity index (χ4v) is 4.37. The van der Waals surface area contributed by atoms with Crippen molar-refractivity contribution in [2.24, 2.45) is 0 Å². The Morgan fingerprint density at radius 1 is 0.818 bits per heavy atom. The quantitative estimate of drug-likeness (QED) is 0.176. The van der Waals surface area contributed by atoms with Gasteiger partial charge >= 0.3 is 5.97 Å². The van der Waals surface area contributed by atoms with Gasteiger partial charge in [0.1, 0.15) is 5.75 Å². The molecule has 1 aromatic carbocycles. The molecule has 0 saturated carbocycles. The summed E-state index contributed by atoms with van der Waals surface area (Å²) < 4.78 is 5.45. The molecule has 0 saturated heterocycles. The zero-order chi connectivity index (χ0) is 24.5. The normalized spacial score (nSPS) is 11.7. The van der Waals surface area contributed by atoms with E-state index in [1.165, 1.54) is 70.6 Å². The number of aryl methyl sites for hydroxylation is 2. The molecule has 1 N–H and O–H groups in total. The number of esters is 1. The van der Waals surface area contributed by atoms with Gasteiger partial charge in [-0.1, -0.05) is 124 Å². The second-order valence-electron chi connectivity index (χ2n) is 10.7. The van der Waals surface area contributed by atoms with Crippen LogP contribution in [0.25, 0.3) is 0 Å². The minimum atomic E-state index is -0.126. The number of unbranched alkanes of at least 4 members (excludes halogenated alkanes) is 12. The van der Waals surface area contributed by atoms with Gasteiger partial charge in [-0.3, -0.25) is 4.79 Å². The molecule has 3 nitrogen and oxygen atoms in total. The van der Waals surface area contributed by atoms with Gasteiger partial charge in [-0.25, -0.2) is 0 Å². The van der Waals surface area contributed by atoms with E-state index in [1.807, 2.05) is 12.1 Å². The molecular formula is C30H52O3. The van der Waals surface area contributed by atoms with E-state index in [-0.39, 0.29) is 11.4 Å². The van der Waals surface area contributed by atoms with Gasteiger partial charge in [0.15, 0.2) is 0 Å². The van der Waals surface area contributed by atoms with Crippen LogP contribution in [0.15, 0.2) is 12.1 Å². The van der Waals surface area contributed by atoms with Gasteiger partial charge in [0.25, 0.3) is 0 Å². The lowest BCUT2D eigenvalue weighted by atomic mass is 9.83. The van der Waals surface area contributed by atoms with E-state index in [1.54, 1.807) is 0 Å². The van der Waals surface area contributed by atoms with Crippen LogP contribution in [0.5, 0.6) is 5.75 Å². The lowest BCUT2D eigenvalue weighted by Gasteiger charge is -2.23. The van der Waals surface area contributed by atoms with Crippen molar-refractivity contribution in [2.75, 3.05) is 6.61 Å². The molecule has 3 heteroatoms. The van der Waals surface area contributed by atoms with Crippen molar-refractivity contribution in [2.45, 2.75) is 143 Å². The van der Waals surface area contributed by atoms with Crippen LogP contribution in [-0.2, 0) is 27.8 Å². The predicted octanol–water partition coefficient (Wildman–Crippen LogP) is 8.82. The third-order valence-electron chi connectivity index (χ3n) is 6.57. The van der Waals surface area contributed by atoms with Gasteiger partial charge in [-0.05, 0) is 41.4 Å². The van der Waals surface area contributed by atoms with E-state index in [0.29, 0.717) is 25.2 Å². The summed E-state index contributed by atoms with van der Waals surface area (Å²) >= 11 is 0. The maximum Gasteiger partial charge on any atom is 0.306 e. The van der Waals surface area contributed by atoms with Crippen LogP contribution in [0, 0.1) is 0 Å². The first kappa shape index (κ1) is 29.5. The smallest absolute Gasteiger partial charge is 0.306 e. The standard InChI is InChI=1S/C30H52O3/c1-6-8-9-10-11-12-13-14-15-16-17-18-19-22-33-28(31)21-20-25-23-26(7-2)29(32)27(24-25)30(3,4)5/h23-24,32H,6-22H2,1-5H3. The number of ether oxygens (including phenoxy) is 1. The van der Waals surface area contributed by atoms with Crippen LogP contribution in [-0.4, -0.2) is 17.7 Å². The van der Waals surface area contributed by atoms with Gasteiger partial charge in [0.2, 0.25) is 0 Å². The van der Waals surface area contributed by atoms with E-state index < -0.39 is 0 Å². The molecule has 0 bridgehead atoms. The molecule has 0 unspecified atom stereocenters. The Labute approximate surface area is 204 Å². The van der Waals surface area contributed by atoms with Crippen LogP contribution < -0.4 is 0 Å². The zero-order valence-electron chi connectivity index (χ0n) is 22.4. The third-order valence-corrected chi connectivity index (χ3v) is 6.57. The Kier molecular flexibility index (Phi) is 15.2. The third kappa shape index (κ3) is 13.1. The largest absolute Gasteiger partial charge is 0.507 e. The molecule has 33 heavy (non-hydrogen) atoms. The monoisotopic (exact) mass is 460 g/mol. The number of aromatic hydroxyl groups is 1. The fourth-order valence-electron chi connectivity index (χ4n) is 4.37. The van der Waals surface area contributed by atoms with E-state index in [2.05, 4.69) is 34.6 Å². The average Bonchev–Trinajstić information content (AvgIpc) is 2.77. The number of carbonyl (C=O) groups excluding carboxylic acids is 1. The number of phenols is 1. The minimum absolute atomic E-state index is 0.114. The summed E-state index contributed by atoms with van der Waals surface area (Å²) in [6.07, 6.45) is 19.0. The van der Waals surface area contributed by atoms with Crippen molar-refractivity contribution in [3.8, 4) is 5.75 Å². The van der Waals surface area contributed by atoms with Crippen LogP contribution in [0.1, 0.15) is 141 Å². The summed E-state index contributed by atoms with van der Waals surface area (Å²) in [6, 6.07) is 4.08. The number of phenolic OH excluding ortho intramolecular Hbond substituents is 1. The number of hydrogen-bond acceptors (Lipinski definition) is 3. The van der Waals surface area contributed by atoms with E-state index in [4.69, 9.17) is 4.74 Å². The molecule has 0 fully saturated rings. The van der Waals surface area contributed by atoms with Crippen molar-refractivity contribution in [1.29, 1.82) is 0 Å². The molecule has 0 aliphatic carbocycles. The molecule has 0 heterocycles. The summed E-state index contributed by atoms with van der Waals surface area (Å²) in [7, 11) is 0. The van der Waals surface area contributed by atoms with Crippen molar-refractivity contribution >= 4 is 5.97 Å². The van der Waals surface area contributed by atoms with Crippen molar-refractivity contribution < 1.29 is 14.6 Å². The molecule has 0 aliphatic heterocycles. The number of carbonyl (C=O) groups is 1. The van der Waals surface area contributed by atoms with Gasteiger partial charge < -0.3 is 9.84 Å². The van der Waals surface area contributed by atoms with Gasteiger partial charge in [0.05, 0.1) is 6.61 Å². The van der Waals surface area contributed by atoms with Gasteiger partial charge in [-0.2, -0.15) is 0 Å². The summed E-state index contributed by atoms with van der Waals surface area (Å²) in [5, 5.41) is 10.5. The number of hydrogen-bond donors (Lipinski definition) is 1. The van der Waals surface area contributed by atoms with Crippen molar-refractivity contribution in [1.82, 2.24) is 0 Å². The predicted molar refractivity (Wildman–Crippen MR) is 141 cm³/mol. The molecule has 1 rings (SSSR count). The topological polar surface area (TPSA) is 46.5 Å². The Morgan fingerprint density at radius 2 is 1.33 bits per heavy atom. The Balaban J connectivity index is 2.12. The van der Waals surface area contributed by atoms with Crippen LogP contribution in [0.2, 0.25) is 0 Å². The maximum atomic E-state index is 12.2. The average molecular weight is 461 g/mol. The molecule has 1 aromatic rings. The molecule has 0 aromatic heterocycles. The second-order valence-corrected chi connectivity index (χ2v) is 10.7. The SMILES string of the molecule is CCCCCCCCCCCCCCCOC(=O)CCc1cc(CC)c(O)c(C(C)(C)C)c1. The molecule has 0 amide bonds. The van der Waals surface area contributed by atoms with E-state index >= 15 is 0 Å². The molecule has 0 aliphatic rings. The van der Waals surface area contributed by atoms with Crippen LogP contribution >= 0.6 is 0 Å². The molecular weight excluding hydrogens is 408 g/mol. The van der Waals surface area contributed by atoms with Crippen molar-refractivity contribution in [3.05, 3.63) is 28.8 Å². The zero-order valence-corrected chi connectivity index (χ0v) is 22.4. The maximum absolute atomic E-state index is 12.2. The Hall–Kier alpha value is -1.51. The van der Waals surface area contributed by atoms with E-state index in [0.717, 1.165) is 36.0 Å². The first-order valence-electron chi connectivity index (χ1n) is 13.8. The van der Waals surface area contributed by atoms with Crippen LogP contribution in [0.4, 0.5) is 0 Å². The minimum Gasteiger partial charge on any atom is -0.507 e. The first-order valence-corrected chi connectivity index (χ1v) is 13.8. The first-order chi connectivity index (χ1) is 15.8. The number of rotatable bonds is 18. The molecule has 190 valence electrons. The van der Waals surface area contributed by atoms with Gasteiger partial charge in [-0.15, -0.1) is 0 Å². The van der Waals surface area contributed by atoms with Gasteiger partial charge in [0, 0.05) is 6.42 Å². The second kappa shape index (κ2) is 17.0. The molecule has 0 atom stereocenters. The highest BCUT2D eigenvalue weighted by Crippen LogP contribution is 2.35. The molecule has 0 radical (unpaired) electrons. The lowest BCUT2D eigenvalue weighted by molar-refractivity contribution is -0.143. The molecule has 0 spiro atoms. The highest BCUT2D eigenvalue weighted by molar-refractivity contribution is 5.69.